The SMILES string of the molecule is O=C(C1CCN(S(=O)(=O)c2ccccc2)CC1)N1CC[C@]2(O)CCCC[C@H]2C1. The minimum Gasteiger partial charge on any atom is -0.389 e. The summed E-state index contributed by atoms with van der Waals surface area (Å²) in [6.45, 7) is 2.04. The van der Waals surface area contributed by atoms with Gasteiger partial charge in [-0.1, -0.05) is 31.0 Å². The maximum Gasteiger partial charge on any atom is 0.243 e. The predicted molar refractivity (Wildman–Crippen MR) is 106 cm³/mol. The van der Waals surface area contributed by atoms with Gasteiger partial charge in [-0.05, 0) is 44.2 Å². The molecule has 0 bridgehead atoms. The van der Waals surface area contributed by atoms with E-state index in [-0.39, 0.29) is 17.7 Å². The number of amides is 1. The van der Waals surface area contributed by atoms with Crippen molar-refractivity contribution in [2.75, 3.05) is 26.2 Å². The second-order valence-electron chi connectivity index (χ2n) is 8.57. The van der Waals surface area contributed by atoms with Gasteiger partial charge < -0.3 is 10.0 Å². The standard InChI is InChI=1S/C21H30N2O4S/c24-20(22-15-12-21(25)11-5-4-6-18(21)16-22)17-9-13-23(14-10-17)28(26,27)19-7-2-1-3-8-19/h1-3,7-8,17-18,25H,4-6,9-16H2/t18-,21+/m0/s1. The van der Waals surface area contributed by atoms with E-state index >= 15 is 0 Å². The summed E-state index contributed by atoms with van der Waals surface area (Å²) in [4.78, 5) is 15.3. The third kappa shape index (κ3) is 3.72. The minimum atomic E-state index is -3.48. The molecule has 1 aliphatic carbocycles. The summed E-state index contributed by atoms with van der Waals surface area (Å²) in [6.07, 6.45) is 5.86. The van der Waals surface area contributed by atoms with Crippen LogP contribution in [-0.4, -0.2) is 60.4 Å². The lowest BCUT2D eigenvalue weighted by atomic mass is 9.71. The predicted octanol–water partition coefficient (Wildman–Crippen LogP) is 2.24. The number of hydrogen-bond donors (Lipinski definition) is 1. The number of aliphatic hydroxyl groups is 1. The number of carbonyl (C=O) groups excluding carboxylic acids is 1. The average Bonchev–Trinajstić information content (AvgIpc) is 2.73. The molecule has 0 spiro atoms. The van der Waals surface area contributed by atoms with Crippen LogP contribution >= 0.6 is 0 Å². The molecule has 6 nitrogen and oxygen atoms in total. The Morgan fingerprint density at radius 1 is 1.00 bits per heavy atom. The van der Waals surface area contributed by atoms with E-state index < -0.39 is 15.6 Å². The van der Waals surface area contributed by atoms with Crippen LogP contribution in [0, 0.1) is 11.8 Å². The summed E-state index contributed by atoms with van der Waals surface area (Å²) in [5, 5.41) is 10.8. The van der Waals surface area contributed by atoms with Gasteiger partial charge in [-0.3, -0.25) is 4.79 Å². The van der Waals surface area contributed by atoms with Crippen molar-refractivity contribution in [3.63, 3.8) is 0 Å². The fraction of sp³-hybridized carbons (Fsp3) is 0.667. The van der Waals surface area contributed by atoms with E-state index in [0.29, 0.717) is 50.3 Å². The van der Waals surface area contributed by atoms with Gasteiger partial charge >= 0.3 is 0 Å². The highest BCUT2D eigenvalue weighted by Crippen LogP contribution is 2.40. The molecular formula is C21H30N2O4S. The number of sulfonamides is 1. The van der Waals surface area contributed by atoms with Crippen LogP contribution < -0.4 is 0 Å². The van der Waals surface area contributed by atoms with Gasteiger partial charge in [-0.25, -0.2) is 8.42 Å². The topological polar surface area (TPSA) is 77.9 Å². The Hall–Kier alpha value is -1.44. The Bertz CT molecular complexity index is 805. The Balaban J connectivity index is 1.36. The average molecular weight is 407 g/mol. The molecule has 1 saturated carbocycles. The van der Waals surface area contributed by atoms with Crippen molar-refractivity contribution >= 4 is 15.9 Å². The summed E-state index contributed by atoms with van der Waals surface area (Å²) >= 11 is 0. The molecule has 1 amide bonds. The Morgan fingerprint density at radius 2 is 1.71 bits per heavy atom. The third-order valence-corrected chi connectivity index (χ3v) is 8.84. The van der Waals surface area contributed by atoms with Crippen molar-refractivity contribution in [2.45, 2.75) is 55.4 Å². The van der Waals surface area contributed by atoms with E-state index in [1.807, 2.05) is 4.90 Å². The highest BCUT2D eigenvalue weighted by Gasteiger charge is 2.45. The second kappa shape index (κ2) is 7.76. The fourth-order valence-corrected chi connectivity index (χ4v) is 6.60. The first-order chi connectivity index (χ1) is 13.4. The summed E-state index contributed by atoms with van der Waals surface area (Å²) in [7, 11) is -3.48. The van der Waals surface area contributed by atoms with Crippen molar-refractivity contribution in [3.8, 4) is 0 Å². The van der Waals surface area contributed by atoms with Gasteiger partial charge in [0.15, 0.2) is 0 Å². The zero-order valence-corrected chi connectivity index (χ0v) is 17.1. The van der Waals surface area contributed by atoms with Crippen LogP contribution in [-0.2, 0) is 14.8 Å². The van der Waals surface area contributed by atoms with Gasteiger partial charge in [0, 0.05) is 38.0 Å². The first-order valence-corrected chi connectivity index (χ1v) is 11.9. The van der Waals surface area contributed by atoms with E-state index in [1.165, 1.54) is 4.31 Å². The molecule has 28 heavy (non-hydrogen) atoms. The van der Waals surface area contributed by atoms with Crippen molar-refractivity contribution in [1.29, 1.82) is 0 Å². The van der Waals surface area contributed by atoms with Gasteiger partial charge in [0.25, 0.3) is 0 Å². The highest BCUT2D eigenvalue weighted by molar-refractivity contribution is 7.89. The van der Waals surface area contributed by atoms with E-state index in [9.17, 15) is 18.3 Å². The summed E-state index contributed by atoms with van der Waals surface area (Å²) in [5.41, 5.74) is -0.581. The number of carbonyl (C=O) groups is 1. The Kier molecular flexibility index (Phi) is 5.51. The Morgan fingerprint density at radius 3 is 2.43 bits per heavy atom. The van der Waals surface area contributed by atoms with E-state index in [4.69, 9.17) is 0 Å². The molecule has 2 aliphatic heterocycles. The van der Waals surface area contributed by atoms with Crippen LogP contribution in [0.3, 0.4) is 0 Å². The van der Waals surface area contributed by atoms with Crippen LogP contribution in [0.4, 0.5) is 0 Å². The molecule has 0 aromatic heterocycles. The van der Waals surface area contributed by atoms with Gasteiger partial charge in [0.1, 0.15) is 0 Å². The maximum absolute atomic E-state index is 13.0. The second-order valence-corrected chi connectivity index (χ2v) is 10.5. The van der Waals surface area contributed by atoms with Crippen molar-refractivity contribution in [3.05, 3.63) is 30.3 Å². The summed E-state index contributed by atoms with van der Waals surface area (Å²) in [5.74, 6) is 0.221. The quantitative estimate of drug-likeness (QED) is 0.835. The molecule has 2 atom stereocenters. The minimum absolute atomic E-state index is 0.114. The van der Waals surface area contributed by atoms with Gasteiger partial charge in [0.2, 0.25) is 15.9 Å². The van der Waals surface area contributed by atoms with E-state index in [0.717, 1.165) is 25.7 Å². The highest BCUT2D eigenvalue weighted by atomic mass is 32.2. The van der Waals surface area contributed by atoms with Gasteiger partial charge in [-0.15, -0.1) is 0 Å². The molecule has 1 aromatic carbocycles. The maximum atomic E-state index is 13.0. The molecule has 0 unspecified atom stereocenters. The van der Waals surface area contributed by atoms with E-state index in [1.54, 1.807) is 30.3 Å². The largest absolute Gasteiger partial charge is 0.389 e. The first kappa shape index (κ1) is 19.9. The number of fused-ring (bicyclic) bond motifs is 1. The normalized spacial score (nSPS) is 30.0. The molecule has 7 heteroatoms. The zero-order valence-electron chi connectivity index (χ0n) is 16.3. The number of piperidine rings is 2. The van der Waals surface area contributed by atoms with Crippen LogP contribution in [0.2, 0.25) is 0 Å². The number of likely N-dealkylation sites (tertiary alicyclic amines) is 1. The molecule has 0 radical (unpaired) electrons. The number of nitrogens with zero attached hydrogens (tertiary/aromatic N) is 2. The molecule has 1 aromatic rings. The molecule has 1 N–H and O–H groups in total. The number of hydrogen-bond acceptors (Lipinski definition) is 4. The van der Waals surface area contributed by atoms with Crippen molar-refractivity contribution in [2.24, 2.45) is 11.8 Å². The van der Waals surface area contributed by atoms with Crippen LogP contribution in [0.5, 0.6) is 0 Å². The van der Waals surface area contributed by atoms with Gasteiger partial charge in [0.05, 0.1) is 10.5 Å². The van der Waals surface area contributed by atoms with Gasteiger partial charge in [-0.2, -0.15) is 4.31 Å². The molecule has 2 heterocycles. The number of benzene rings is 1. The molecule has 3 fully saturated rings. The molecule has 3 aliphatic rings. The van der Waals surface area contributed by atoms with Crippen LogP contribution in [0.1, 0.15) is 44.9 Å². The molecular weight excluding hydrogens is 376 g/mol. The van der Waals surface area contributed by atoms with Crippen LogP contribution in [0.25, 0.3) is 0 Å². The zero-order chi connectivity index (χ0) is 19.8. The third-order valence-electron chi connectivity index (χ3n) is 6.92. The van der Waals surface area contributed by atoms with Crippen molar-refractivity contribution in [1.82, 2.24) is 9.21 Å². The smallest absolute Gasteiger partial charge is 0.243 e. The Labute approximate surface area is 167 Å². The lowest BCUT2D eigenvalue weighted by molar-refractivity contribution is -0.148. The molecule has 4 rings (SSSR count). The van der Waals surface area contributed by atoms with E-state index in [2.05, 4.69) is 0 Å². The fourth-order valence-electron chi connectivity index (χ4n) is 5.11. The van der Waals surface area contributed by atoms with Crippen molar-refractivity contribution < 1.29 is 18.3 Å². The molecule has 2 saturated heterocycles. The number of rotatable bonds is 3. The van der Waals surface area contributed by atoms with Crippen LogP contribution in [0.15, 0.2) is 35.2 Å². The lowest BCUT2D eigenvalue weighted by Gasteiger charge is -2.48. The summed E-state index contributed by atoms with van der Waals surface area (Å²) < 4.78 is 27.0. The summed E-state index contributed by atoms with van der Waals surface area (Å²) in [6, 6.07) is 8.49. The molecule has 154 valence electrons. The first-order valence-electron chi connectivity index (χ1n) is 10.5. The lowest BCUT2D eigenvalue weighted by Crippen LogP contribution is -2.56. The monoisotopic (exact) mass is 406 g/mol.